The molecular formula is C21H29N7O. The second-order valence-corrected chi connectivity index (χ2v) is 6.75. The lowest BCUT2D eigenvalue weighted by Crippen LogP contribution is -2.36. The van der Waals surface area contributed by atoms with Crippen molar-refractivity contribution in [3.8, 4) is 5.82 Å². The summed E-state index contributed by atoms with van der Waals surface area (Å²) in [5, 5.41) is 15.0. The Morgan fingerprint density at radius 3 is 2.76 bits per heavy atom. The lowest BCUT2D eigenvalue weighted by atomic mass is 9.99. The van der Waals surface area contributed by atoms with Crippen LogP contribution < -0.4 is 10.6 Å². The summed E-state index contributed by atoms with van der Waals surface area (Å²) >= 11 is 0. The second-order valence-electron chi connectivity index (χ2n) is 6.75. The van der Waals surface area contributed by atoms with Crippen LogP contribution in [-0.2, 0) is 13.1 Å². The highest BCUT2D eigenvalue weighted by atomic mass is 16.5. The molecular weight excluding hydrogens is 366 g/mol. The Balaban J connectivity index is 1.62. The number of aliphatic imine (C=N–C) groups is 1. The van der Waals surface area contributed by atoms with Crippen molar-refractivity contribution in [3.05, 3.63) is 59.9 Å². The molecule has 0 atom stereocenters. The third-order valence-corrected chi connectivity index (χ3v) is 4.72. The molecule has 0 saturated heterocycles. The van der Waals surface area contributed by atoms with Gasteiger partial charge in [0.1, 0.15) is 0 Å². The smallest absolute Gasteiger partial charge is 0.191 e. The molecule has 3 rings (SSSR count). The van der Waals surface area contributed by atoms with E-state index in [4.69, 9.17) is 4.52 Å². The second kappa shape index (κ2) is 10.4. The molecule has 0 aromatic carbocycles. The van der Waals surface area contributed by atoms with Gasteiger partial charge < -0.3 is 15.2 Å². The Bertz CT molecular complexity index is 897. The van der Waals surface area contributed by atoms with E-state index in [-0.39, 0.29) is 0 Å². The van der Waals surface area contributed by atoms with Gasteiger partial charge in [0, 0.05) is 37.1 Å². The molecule has 0 aliphatic heterocycles. The summed E-state index contributed by atoms with van der Waals surface area (Å²) in [5.74, 6) is 2.76. The van der Waals surface area contributed by atoms with Gasteiger partial charge in [0.25, 0.3) is 0 Å². The Morgan fingerprint density at radius 2 is 2.03 bits per heavy atom. The molecule has 0 amide bonds. The number of hydrogen-bond donors (Lipinski definition) is 2. The average molecular weight is 396 g/mol. The Hall–Kier alpha value is -3.16. The molecule has 0 saturated carbocycles. The van der Waals surface area contributed by atoms with Crippen molar-refractivity contribution in [3.63, 3.8) is 0 Å². The molecule has 8 heteroatoms. The van der Waals surface area contributed by atoms with Crippen LogP contribution >= 0.6 is 0 Å². The molecule has 0 unspecified atom stereocenters. The first-order valence-electron chi connectivity index (χ1n) is 10.2. The highest BCUT2D eigenvalue weighted by Crippen LogP contribution is 2.22. The highest BCUT2D eigenvalue weighted by molar-refractivity contribution is 5.79. The van der Waals surface area contributed by atoms with Gasteiger partial charge in [0.05, 0.1) is 18.8 Å². The lowest BCUT2D eigenvalue weighted by Gasteiger charge is -2.10. The van der Waals surface area contributed by atoms with Crippen LogP contribution in [0.3, 0.4) is 0 Å². The summed E-state index contributed by atoms with van der Waals surface area (Å²) in [6, 6.07) is 7.85. The van der Waals surface area contributed by atoms with E-state index in [0.717, 1.165) is 48.2 Å². The standard InChI is InChI=1S/C21H29N7O/c1-4-17(5-2)19-13-18(29-27-19)15-25-21(22-6-3)24-14-16-8-10-23-20(12-16)28-11-7-9-26-28/h7-13,17H,4-6,14-15H2,1-3H3,(H2,22,24,25). The Kier molecular flexibility index (Phi) is 7.38. The first-order chi connectivity index (χ1) is 14.2. The van der Waals surface area contributed by atoms with Crippen LogP contribution in [0.4, 0.5) is 0 Å². The molecule has 154 valence electrons. The molecule has 0 aliphatic rings. The maximum Gasteiger partial charge on any atom is 0.191 e. The number of nitrogens with zero attached hydrogens (tertiary/aromatic N) is 5. The molecule has 0 fully saturated rings. The van der Waals surface area contributed by atoms with E-state index in [0.29, 0.717) is 19.0 Å². The zero-order valence-corrected chi connectivity index (χ0v) is 17.3. The Morgan fingerprint density at radius 1 is 1.17 bits per heavy atom. The van der Waals surface area contributed by atoms with E-state index in [1.807, 2.05) is 37.4 Å². The van der Waals surface area contributed by atoms with Gasteiger partial charge in [-0.15, -0.1) is 0 Å². The molecule has 2 N–H and O–H groups in total. The van der Waals surface area contributed by atoms with Gasteiger partial charge in [0.15, 0.2) is 17.5 Å². The first kappa shape index (κ1) is 20.6. The van der Waals surface area contributed by atoms with Gasteiger partial charge in [-0.3, -0.25) is 0 Å². The number of rotatable bonds is 9. The fourth-order valence-corrected chi connectivity index (χ4v) is 3.08. The number of pyridine rings is 1. The molecule has 0 bridgehead atoms. The molecule has 0 radical (unpaired) electrons. The van der Waals surface area contributed by atoms with Crippen LogP contribution in [0.1, 0.15) is 56.5 Å². The predicted molar refractivity (Wildman–Crippen MR) is 113 cm³/mol. The molecule has 0 spiro atoms. The third-order valence-electron chi connectivity index (χ3n) is 4.72. The van der Waals surface area contributed by atoms with E-state index in [2.05, 4.69) is 44.7 Å². The summed E-state index contributed by atoms with van der Waals surface area (Å²) in [6.45, 7) is 8.23. The maximum absolute atomic E-state index is 5.48. The Labute approximate surface area is 171 Å². The van der Waals surface area contributed by atoms with Gasteiger partial charge >= 0.3 is 0 Å². The summed E-state index contributed by atoms with van der Waals surface area (Å²) in [6.07, 6.45) is 7.50. The van der Waals surface area contributed by atoms with Crippen molar-refractivity contribution < 1.29 is 4.52 Å². The van der Waals surface area contributed by atoms with E-state index in [1.54, 1.807) is 17.1 Å². The largest absolute Gasteiger partial charge is 0.359 e. The van der Waals surface area contributed by atoms with Crippen LogP contribution in [-0.4, -0.2) is 32.4 Å². The van der Waals surface area contributed by atoms with Gasteiger partial charge in [-0.25, -0.2) is 14.7 Å². The minimum absolute atomic E-state index is 0.449. The maximum atomic E-state index is 5.48. The first-order valence-corrected chi connectivity index (χ1v) is 10.2. The quantitative estimate of drug-likeness (QED) is 0.426. The molecule has 3 aromatic heterocycles. The lowest BCUT2D eigenvalue weighted by molar-refractivity contribution is 0.368. The SMILES string of the molecule is CCNC(=NCc1ccnc(-n2cccn2)c1)NCc1cc(C(CC)CC)no1. The molecule has 3 heterocycles. The van der Waals surface area contributed by atoms with Crippen molar-refractivity contribution in [2.24, 2.45) is 4.99 Å². The third kappa shape index (κ3) is 5.66. The number of aromatic nitrogens is 4. The molecule has 29 heavy (non-hydrogen) atoms. The van der Waals surface area contributed by atoms with Crippen molar-refractivity contribution in [2.75, 3.05) is 6.54 Å². The van der Waals surface area contributed by atoms with Crippen molar-refractivity contribution in [1.29, 1.82) is 0 Å². The van der Waals surface area contributed by atoms with Crippen molar-refractivity contribution in [2.45, 2.75) is 52.6 Å². The van der Waals surface area contributed by atoms with Crippen LogP contribution in [0, 0.1) is 0 Å². The van der Waals surface area contributed by atoms with Crippen LogP contribution in [0.2, 0.25) is 0 Å². The van der Waals surface area contributed by atoms with E-state index >= 15 is 0 Å². The van der Waals surface area contributed by atoms with Gasteiger partial charge in [-0.05, 0) is 43.5 Å². The fraction of sp³-hybridized carbons (Fsp3) is 0.429. The molecule has 3 aromatic rings. The van der Waals surface area contributed by atoms with Crippen LogP contribution in [0.15, 0.2) is 52.4 Å². The topological polar surface area (TPSA) is 93.2 Å². The van der Waals surface area contributed by atoms with Gasteiger partial charge in [0.2, 0.25) is 0 Å². The fourth-order valence-electron chi connectivity index (χ4n) is 3.08. The van der Waals surface area contributed by atoms with Crippen LogP contribution in [0.5, 0.6) is 0 Å². The summed E-state index contributed by atoms with van der Waals surface area (Å²) in [4.78, 5) is 9.02. The minimum atomic E-state index is 0.449. The van der Waals surface area contributed by atoms with Gasteiger partial charge in [-0.2, -0.15) is 5.10 Å². The zero-order chi connectivity index (χ0) is 20.5. The van der Waals surface area contributed by atoms with Crippen molar-refractivity contribution in [1.82, 2.24) is 30.6 Å². The van der Waals surface area contributed by atoms with Crippen molar-refractivity contribution >= 4 is 5.96 Å². The zero-order valence-electron chi connectivity index (χ0n) is 17.3. The van der Waals surface area contributed by atoms with E-state index < -0.39 is 0 Å². The normalized spacial score (nSPS) is 11.8. The summed E-state index contributed by atoms with van der Waals surface area (Å²) in [5.41, 5.74) is 2.08. The number of guanidine groups is 1. The van der Waals surface area contributed by atoms with Gasteiger partial charge in [-0.1, -0.05) is 19.0 Å². The monoisotopic (exact) mass is 395 g/mol. The summed E-state index contributed by atoms with van der Waals surface area (Å²) < 4.78 is 7.22. The number of hydrogen-bond acceptors (Lipinski definition) is 5. The molecule has 0 aliphatic carbocycles. The van der Waals surface area contributed by atoms with E-state index in [1.165, 1.54) is 0 Å². The minimum Gasteiger partial charge on any atom is -0.359 e. The van der Waals surface area contributed by atoms with Crippen LogP contribution in [0.25, 0.3) is 5.82 Å². The molecule has 8 nitrogen and oxygen atoms in total. The average Bonchev–Trinajstić information content (AvgIpc) is 3.44. The highest BCUT2D eigenvalue weighted by Gasteiger charge is 2.13. The summed E-state index contributed by atoms with van der Waals surface area (Å²) in [7, 11) is 0. The van der Waals surface area contributed by atoms with E-state index in [9.17, 15) is 0 Å². The predicted octanol–water partition coefficient (Wildman–Crippen LogP) is 3.41. The number of nitrogens with one attached hydrogen (secondary N) is 2.